The molecule has 0 aliphatic heterocycles. The number of rotatable bonds is 5. The summed E-state index contributed by atoms with van der Waals surface area (Å²) in [5, 5.41) is 0. The molecule has 0 fully saturated rings. The van der Waals surface area contributed by atoms with E-state index in [0.29, 0.717) is 5.56 Å². The van der Waals surface area contributed by atoms with Crippen LogP contribution in [0.2, 0.25) is 0 Å². The van der Waals surface area contributed by atoms with E-state index in [2.05, 4.69) is 15.6 Å². The highest BCUT2D eigenvalue weighted by molar-refractivity contribution is 7.89. The third-order valence-electron chi connectivity index (χ3n) is 3.25. The van der Waals surface area contributed by atoms with E-state index < -0.39 is 34.2 Å². The third kappa shape index (κ3) is 5.10. The second kappa shape index (κ2) is 7.86. The molecule has 0 unspecified atom stereocenters. The molecular weight excluding hydrogens is 349 g/mol. The summed E-state index contributed by atoms with van der Waals surface area (Å²) in [6, 6.07) is 10.9. The maximum Gasteiger partial charge on any atom is 0.269 e. The molecule has 0 spiro atoms. The van der Waals surface area contributed by atoms with Crippen molar-refractivity contribution in [3.8, 4) is 0 Å². The van der Waals surface area contributed by atoms with Gasteiger partial charge in [0.25, 0.3) is 11.8 Å². The van der Waals surface area contributed by atoms with E-state index in [0.717, 1.165) is 29.8 Å². The van der Waals surface area contributed by atoms with Gasteiger partial charge < -0.3 is 0 Å². The van der Waals surface area contributed by atoms with Crippen LogP contribution in [-0.2, 0) is 14.8 Å². The number of halogens is 1. The van der Waals surface area contributed by atoms with Crippen LogP contribution in [0.4, 0.5) is 4.39 Å². The first-order valence-corrected chi connectivity index (χ1v) is 8.68. The molecule has 3 N–H and O–H groups in total. The van der Waals surface area contributed by atoms with Crippen LogP contribution in [0.1, 0.15) is 15.9 Å². The van der Waals surface area contributed by atoms with Crippen LogP contribution in [0.15, 0.2) is 53.4 Å². The number of hydrogen-bond acceptors (Lipinski definition) is 4. The van der Waals surface area contributed by atoms with Crippen molar-refractivity contribution >= 4 is 21.8 Å². The summed E-state index contributed by atoms with van der Waals surface area (Å²) in [5.41, 5.74) is 5.43. The van der Waals surface area contributed by atoms with Gasteiger partial charge in [-0.15, -0.1) is 0 Å². The number of carbonyl (C=O) groups is 2. The topological polar surface area (TPSA) is 104 Å². The molecule has 0 saturated heterocycles. The minimum Gasteiger partial charge on any atom is -0.272 e. The Bertz CT molecular complexity index is 883. The van der Waals surface area contributed by atoms with E-state index in [4.69, 9.17) is 0 Å². The van der Waals surface area contributed by atoms with Gasteiger partial charge in [-0.2, -0.15) is 0 Å². The second-order valence-corrected chi connectivity index (χ2v) is 6.86. The number of carbonyl (C=O) groups excluding carboxylic acids is 2. The fourth-order valence-electron chi connectivity index (χ4n) is 1.92. The summed E-state index contributed by atoms with van der Waals surface area (Å²) in [5.74, 6) is -1.85. The average molecular weight is 365 g/mol. The second-order valence-electron chi connectivity index (χ2n) is 5.10. The number of nitrogens with one attached hydrogen (secondary N) is 3. The van der Waals surface area contributed by atoms with Gasteiger partial charge in [-0.3, -0.25) is 20.4 Å². The van der Waals surface area contributed by atoms with Crippen LogP contribution < -0.4 is 15.6 Å². The highest BCUT2D eigenvalue weighted by Crippen LogP contribution is 2.09. The molecule has 0 aliphatic carbocycles. The summed E-state index contributed by atoms with van der Waals surface area (Å²) in [7, 11) is -3.96. The first-order valence-electron chi connectivity index (χ1n) is 7.19. The Hall–Kier alpha value is -2.78. The molecule has 0 aromatic heterocycles. The molecule has 9 heteroatoms. The molecule has 0 saturated carbocycles. The SMILES string of the molecule is Cc1ccccc1C(=O)NNC(=O)CNS(=O)(=O)c1ccc(F)cc1. The summed E-state index contributed by atoms with van der Waals surface area (Å²) in [6.07, 6.45) is 0. The summed E-state index contributed by atoms with van der Waals surface area (Å²) in [4.78, 5) is 23.4. The van der Waals surface area contributed by atoms with Crippen molar-refractivity contribution in [3.63, 3.8) is 0 Å². The molecule has 2 aromatic carbocycles. The standard InChI is InChI=1S/C16H16FN3O4S/c1-11-4-2-3-5-14(11)16(22)20-19-15(21)10-18-25(23,24)13-8-6-12(17)7-9-13/h2-9,18H,10H2,1H3,(H,19,21)(H,20,22). The minimum absolute atomic E-state index is 0.175. The van der Waals surface area contributed by atoms with Crippen molar-refractivity contribution in [2.45, 2.75) is 11.8 Å². The Morgan fingerprint density at radius 3 is 2.28 bits per heavy atom. The zero-order chi connectivity index (χ0) is 18.4. The van der Waals surface area contributed by atoms with Gasteiger partial charge in [-0.05, 0) is 42.8 Å². The molecule has 2 rings (SSSR count). The number of benzene rings is 2. The lowest BCUT2D eigenvalue weighted by Gasteiger charge is -2.10. The van der Waals surface area contributed by atoms with Gasteiger partial charge in [0, 0.05) is 5.56 Å². The molecule has 132 valence electrons. The molecule has 25 heavy (non-hydrogen) atoms. The summed E-state index contributed by atoms with van der Waals surface area (Å²) < 4.78 is 38.8. The smallest absolute Gasteiger partial charge is 0.269 e. The van der Waals surface area contributed by atoms with Crippen LogP contribution in [0.25, 0.3) is 0 Å². The molecular formula is C16H16FN3O4S. The number of sulfonamides is 1. The lowest BCUT2D eigenvalue weighted by molar-refractivity contribution is -0.120. The van der Waals surface area contributed by atoms with Crippen molar-refractivity contribution in [2.75, 3.05) is 6.54 Å². The third-order valence-corrected chi connectivity index (χ3v) is 4.67. The van der Waals surface area contributed by atoms with Crippen molar-refractivity contribution < 1.29 is 22.4 Å². The molecule has 7 nitrogen and oxygen atoms in total. The van der Waals surface area contributed by atoms with Crippen LogP contribution in [0, 0.1) is 12.7 Å². The monoisotopic (exact) mass is 365 g/mol. The van der Waals surface area contributed by atoms with Gasteiger partial charge >= 0.3 is 0 Å². The van der Waals surface area contributed by atoms with Gasteiger partial charge in [0.15, 0.2) is 0 Å². The Kier molecular flexibility index (Phi) is 5.84. The minimum atomic E-state index is -3.96. The zero-order valence-electron chi connectivity index (χ0n) is 13.2. The van der Waals surface area contributed by atoms with Crippen LogP contribution in [0.5, 0.6) is 0 Å². The molecule has 0 bridgehead atoms. The fraction of sp³-hybridized carbons (Fsp3) is 0.125. The van der Waals surface area contributed by atoms with Crippen molar-refractivity contribution in [1.82, 2.24) is 15.6 Å². The number of hydrazine groups is 1. The Morgan fingerprint density at radius 1 is 1.00 bits per heavy atom. The van der Waals surface area contributed by atoms with Gasteiger partial charge in [0.1, 0.15) is 5.82 Å². The maximum absolute atomic E-state index is 12.8. The van der Waals surface area contributed by atoms with Crippen molar-refractivity contribution in [2.24, 2.45) is 0 Å². The van der Waals surface area contributed by atoms with Crippen LogP contribution in [0.3, 0.4) is 0 Å². The maximum atomic E-state index is 12.8. The molecule has 2 aromatic rings. The predicted octanol–water partition coefficient (Wildman–Crippen LogP) is 0.874. The lowest BCUT2D eigenvalue weighted by atomic mass is 10.1. The van der Waals surface area contributed by atoms with E-state index in [9.17, 15) is 22.4 Å². The van der Waals surface area contributed by atoms with E-state index in [1.807, 2.05) is 0 Å². The molecule has 2 amide bonds. The van der Waals surface area contributed by atoms with Crippen LogP contribution >= 0.6 is 0 Å². The molecule has 0 heterocycles. The number of amides is 2. The Labute approximate surface area is 144 Å². The van der Waals surface area contributed by atoms with E-state index in [1.165, 1.54) is 0 Å². The zero-order valence-corrected chi connectivity index (χ0v) is 14.1. The van der Waals surface area contributed by atoms with Gasteiger partial charge in [-0.1, -0.05) is 18.2 Å². The predicted molar refractivity (Wildman–Crippen MR) is 88.4 cm³/mol. The van der Waals surface area contributed by atoms with Gasteiger partial charge in [0.05, 0.1) is 11.4 Å². The lowest BCUT2D eigenvalue weighted by Crippen LogP contribution is -2.46. The summed E-state index contributed by atoms with van der Waals surface area (Å²) >= 11 is 0. The van der Waals surface area contributed by atoms with Gasteiger partial charge in [0.2, 0.25) is 10.0 Å². The average Bonchev–Trinajstić information content (AvgIpc) is 2.59. The first kappa shape index (κ1) is 18.6. The fourth-order valence-corrected chi connectivity index (χ4v) is 2.91. The normalized spacial score (nSPS) is 11.0. The quantitative estimate of drug-likeness (QED) is 0.684. The van der Waals surface area contributed by atoms with Crippen molar-refractivity contribution in [1.29, 1.82) is 0 Å². The number of aryl methyl sites for hydroxylation is 1. The highest BCUT2D eigenvalue weighted by atomic mass is 32.2. The van der Waals surface area contributed by atoms with Crippen LogP contribution in [-0.4, -0.2) is 26.8 Å². The Morgan fingerprint density at radius 2 is 1.64 bits per heavy atom. The molecule has 0 radical (unpaired) electrons. The van der Waals surface area contributed by atoms with E-state index >= 15 is 0 Å². The largest absolute Gasteiger partial charge is 0.272 e. The van der Waals surface area contributed by atoms with Crippen molar-refractivity contribution in [3.05, 3.63) is 65.5 Å². The first-order chi connectivity index (χ1) is 11.8. The molecule has 0 atom stereocenters. The Balaban J connectivity index is 1.87. The van der Waals surface area contributed by atoms with E-state index in [-0.39, 0.29) is 4.90 Å². The molecule has 0 aliphatic rings. The summed E-state index contributed by atoms with van der Waals surface area (Å²) in [6.45, 7) is 1.15. The highest BCUT2D eigenvalue weighted by Gasteiger charge is 2.16. The van der Waals surface area contributed by atoms with Gasteiger partial charge in [-0.25, -0.2) is 17.5 Å². The van der Waals surface area contributed by atoms with E-state index in [1.54, 1.807) is 31.2 Å². The number of hydrogen-bond donors (Lipinski definition) is 3.